The van der Waals surface area contributed by atoms with Gasteiger partial charge in [-0.2, -0.15) is 0 Å². The van der Waals surface area contributed by atoms with E-state index in [0.717, 1.165) is 56.0 Å². The highest BCUT2D eigenvalue weighted by atomic mass is 16.6. The second-order valence-electron chi connectivity index (χ2n) is 7.67. The summed E-state index contributed by atoms with van der Waals surface area (Å²) >= 11 is 0. The fourth-order valence-corrected chi connectivity index (χ4v) is 4.38. The summed E-state index contributed by atoms with van der Waals surface area (Å²) in [6.07, 6.45) is 4.72. The van der Waals surface area contributed by atoms with E-state index in [9.17, 15) is 4.79 Å². The van der Waals surface area contributed by atoms with Crippen LogP contribution in [-0.2, 0) is 11.3 Å². The number of piperidine rings is 1. The summed E-state index contributed by atoms with van der Waals surface area (Å²) in [5.74, 6) is 0.720. The third kappa shape index (κ3) is 3.98. The third-order valence-corrected chi connectivity index (χ3v) is 6.08. The van der Waals surface area contributed by atoms with Crippen LogP contribution in [0.15, 0.2) is 30.3 Å². The lowest BCUT2D eigenvalue weighted by Crippen LogP contribution is -2.64. The maximum atomic E-state index is 12.3. The average molecular weight is 343 g/mol. The molecule has 5 nitrogen and oxygen atoms in total. The van der Waals surface area contributed by atoms with Crippen molar-refractivity contribution < 1.29 is 9.53 Å². The Balaban J connectivity index is 1.19. The Morgan fingerprint density at radius 3 is 2.60 bits per heavy atom. The van der Waals surface area contributed by atoms with Gasteiger partial charge in [0.05, 0.1) is 0 Å². The lowest BCUT2D eigenvalue weighted by molar-refractivity contribution is 0.0272. The number of piperazine rings is 1. The fraction of sp³-hybridized carbons (Fsp3) is 0.650. The molecule has 2 aliphatic heterocycles. The minimum Gasteiger partial charge on any atom is -0.445 e. The quantitative estimate of drug-likeness (QED) is 0.912. The van der Waals surface area contributed by atoms with Crippen LogP contribution in [-0.4, -0.2) is 60.7 Å². The summed E-state index contributed by atoms with van der Waals surface area (Å²) in [5, 5.41) is 3.62. The first-order chi connectivity index (χ1) is 12.3. The summed E-state index contributed by atoms with van der Waals surface area (Å²) in [5.41, 5.74) is 1.04. The van der Waals surface area contributed by atoms with Gasteiger partial charge in [0.2, 0.25) is 0 Å². The lowest BCUT2D eigenvalue weighted by Gasteiger charge is -2.50. The highest BCUT2D eigenvalue weighted by Crippen LogP contribution is 2.30. The Labute approximate surface area is 150 Å². The number of amides is 1. The molecule has 25 heavy (non-hydrogen) atoms. The predicted molar refractivity (Wildman–Crippen MR) is 97.3 cm³/mol. The molecule has 0 bridgehead atoms. The van der Waals surface area contributed by atoms with Crippen molar-refractivity contribution in [3.63, 3.8) is 0 Å². The Kier molecular flexibility index (Phi) is 5.22. The molecule has 1 N–H and O–H groups in total. The molecule has 5 heteroatoms. The highest BCUT2D eigenvalue weighted by molar-refractivity contribution is 5.67. The van der Waals surface area contributed by atoms with Gasteiger partial charge in [-0.1, -0.05) is 30.3 Å². The molecule has 136 valence electrons. The van der Waals surface area contributed by atoms with Gasteiger partial charge in [-0.3, -0.25) is 4.90 Å². The number of hydrogen-bond acceptors (Lipinski definition) is 4. The van der Waals surface area contributed by atoms with Crippen LogP contribution in [0.4, 0.5) is 4.79 Å². The van der Waals surface area contributed by atoms with E-state index in [4.69, 9.17) is 4.74 Å². The number of nitrogens with one attached hydrogen (secondary N) is 1. The van der Waals surface area contributed by atoms with Gasteiger partial charge in [0, 0.05) is 44.8 Å². The Morgan fingerprint density at radius 2 is 1.88 bits per heavy atom. The molecule has 0 spiro atoms. The number of nitrogens with zero attached hydrogens (tertiary/aromatic N) is 2. The number of fused-ring (bicyclic) bond motifs is 1. The van der Waals surface area contributed by atoms with Gasteiger partial charge < -0.3 is 15.0 Å². The molecule has 3 aliphatic rings. The second kappa shape index (κ2) is 7.75. The summed E-state index contributed by atoms with van der Waals surface area (Å²) in [7, 11) is 0. The molecule has 4 rings (SSSR count). The average Bonchev–Trinajstić information content (AvgIpc) is 2.63. The number of ether oxygens (including phenoxy) is 1. The first-order valence-corrected chi connectivity index (χ1v) is 9.72. The number of carbonyl (C=O) groups excluding carboxylic acids is 1. The van der Waals surface area contributed by atoms with Gasteiger partial charge in [0.25, 0.3) is 0 Å². The van der Waals surface area contributed by atoms with Crippen molar-refractivity contribution in [3.05, 3.63) is 35.9 Å². The summed E-state index contributed by atoms with van der Waals surface area (Å²) in [6.45, 7) is 5.54. The van der Waals surface area contributed by atoms with E-state index in [1.165, 1.54) is 25.9 Å². The minimum atomic E-state index is -0.163. The van der Waals surface area contributed by atoms with Gasteiger partial charge in [-0.05, 0) is 37.2 Å². The first kappa shape index (κ1) is 16.9. The molecule has 2 heterocycles. The SMILES string of the molecule is O=C(OCc1ccccc1)N1CCC(CN2CCN[C@H]3CC[C@H]32)CC1. The van der Waals surface area contributed by atoms with Crippen molar-refractivity contribution in [1.82, 2.24) is 15.1 Å². The zero-order valence-corrected chi connectivity index (χ0v) is 14.9. The molecule has 0 aromatic heterocycles. The van der Waals surface area contributed by atoms with Crippen LogP contribution in [0.25, 0.3) is 0 Å². The van der Waals surface area contributed by atoms with Crippen LogP contribution in [0, 0.1) is 5.92 Å². The molecule has 3 fully saturated rings. The van der Waals surface area contributed by atoms with E-state index in [-0.39, 0.29) is 6.09 Å². The van der Waals surface area contributed by atoms with Gasteiger partial charge >= 0.3 is 6.09 Å². The number of likely N-dealkylation sites (tertiary alicyclic amines) is 1. The largest absolute Gasteiger partial charge is 0.445 e. The van der Waals surface area contributed by atoms with Crippen LogP contribution >= 0.6 is 0 Å². The van der Waals surface area contributed by atoms with Crippen LogP contribution in [0.3, 0.4) is 0 Å². The maximum absolute atomic E-state index is 12.3. The van der Waals surface area contributed by atoms with E-state index >= 15 is 0 Å². The summed E-state index contributed by atoms with van der Waals surface area (Å²) in [4.78, 5) is 16.8. The van der Waals surface area contributed by atoms with Crippen molar-refractivity contribution in [2.75, 3.05) is 32.7 Å². The number of hydrogen-bond donors (Lipinski definition) is 1. The van der Waals surface area contributed by atoms with E-state index < -0.39 is 0 Å². The molecule has 1 aromatic carbocycles. The van der Waals surface area contributed by atoms with Crippen molar-refractivity contribution in [3.8, 4) is 0 Å². The van der Waals surface area contributed by atoms with Crippen LogP contribution < -0.4 is 5.32 Å². The summed E-state index contributed by atoms with van der Waals surface area (Å²) < 4.78 is 5.46. The predicted octanol–water partition coefficient (Wildman–Crippen LogP) is 2.47. The first-order valence-electron chi connectivity index (χ1n) is 9.72. The van der Waals surface area contributed by atoms with E-state index in [2.05, 4.69) is 10.2 Å². The topological polar surface area (TPSA) is 44.8 Å². The second-order valence-corrected chi connectivity index (χ2v) is 7.67. The molecule has 0 radical (unpaired) electrons. The molecule has 2 atom stereocenters. The Hall–Kier alpha value is -1.59. The smallest absolute Gasteiger partial charge is 0.410 e. The molecule has 1 saturated carbocycles. The number of rotatable bonds is 4. The number of carbonyl (C=O) groups is 1. The van der Waals surface area contributed by atoms with Crippen LogP contribution in [0.2, 0.25) is 0 Å². The standard InChI is InChI=1S/C20H29N3O2/c24-20(25-15-17-4-2-1-3-5-17)22-11-8-16(9-12-22)14-23-13-10-21-18-6-7-19(18)23/h1-5,16,18-19,21H,6-15H2/t18-,19+/m0/s1. The van der Waals surface area contributed by atoms with Gasteiger partial charge in [-0.15, -0.1) is 0 Å². The normalized spacial score (nSPS) is 27.4. The van der Waals surface area contributed by atoms with E-state index in [0.29, 0.717) is 6.61 Å². The molecule has 1 aromatic rings. The molecule has 2 saturated heterocycles. The molecular weight excluding hydrogens is 314 g/mol. The summed E-state index contributed by atoms with van der Waals surface area (Å²) in [6, 6.07) is 11.4. The van der Waals surface area contributed by atoms with Gasteiger partial charge in [-0.25, -0.2) is 4.79 Å². The molecule has 1 amide bonds. The van der Waals surface area contributed by atoms with Crippen molar-refractivity contribution >= 4 is 6.09 Å². The molecular formula is C20H29N3O2. The Morgan fingerprint density at radius 1 is 1.08 bits per heavy atom. The van der Waals surface area contributed by atoms with E-state index in [1.54, 1.807) is 0 Å². The van der Waals surface area contributed by atoms with Gasteiger partial charge in [0.15, 0.2) is 0 Å². The minimum absolute atomic E-state index is 0.163. The van der Waals surface area contributed by atoms with E-state index in [1.807, 2.05) is 35.2 Å². The Bertz CT molecular complexity index is 572. The van der Waals surface area contributed by atoms with Crippen molar-refractivity contribution in [1.29, 1.82) is 0 Å². The molecule has 1 aliphatic carbocycles. The monoisotopic (exact) mass is 343 g/mol. The zero-order valence-electron chi connectivity index (χ0n) is 14.9. The molecule has 0 unspecified atom stereocenters. The van der Waals surface area contributed by atoms with Crippen LogP contribution in [0.5, 0.6) is 0 Å². The van der Waals surface area contributed by atoms with Crippen molar-refractivity contribution in [2.24, 2.45) is 5.92 Å². The number of benzene rings is 1. The lowest BCUT2D eigenvalue weighted by atomic mass is 9.82. The van der Waals surface area contributed by atoms with Gasteiger partial charge in [0.1, 0.15) is 6.61 Å². The fourth-order valence-electron chi connectivity index (χ4n) is 4.38. The van der Waals surface area contributed by atoms with Crippen LogP contribution in [0.1, 0.15) is 31.2 Å². The highest BCUT2D eigenvalue weighted by Gasteiger charge is 2.39. The maximum Gasteiger partial charge on any atom is 0.410 e. The third-order valence-electron chi connectivity index (χ3n) is 6.08. The zero-order chi connectivity index (χ0) is 17.1. The van der Waals surface area contributed by atoms with Crippen molar-refractivity contribution in [2.45, 2.75) is 44.4 Å².